The van der Waals surface area contributed by atoms with Gasteiger partial charge in [-0.05, 0) is 95.1 Å². The maximum atomic E-state index is 3.54. The van der Waals surface area contributed by atoms with Gasteiger partial charge in [-0.2, -0.15) is 0 Å². The Morgan fingerprint density at radius 1 is 0.439 bits per heavy atom. The topological polar surface area (TPSA) is 8.17 Å². The van der Waals surface area contributed by atoms with Gasteiger partial charge in [-0.15, -0.1) is 0 Å². The quantitative estimate of drug-likeness (QED) is 0.187. The summed E-state index contributed by atoms with van der Waals surface area (Å²) < 4.78 is 3.34. The van der Waals surface area contributed by atoms with Gasteiger partial charge in [0.25, 0.3) is 0 Å². The highest BCUT2D eigenvalue weighted by atomic mass is 79.9. The summed E-state index contributed by atoms with van der Waals surface area (Å²) in [6.07, 6.45) is 2.16. The highest BCUT2D eigenvalue weighted by Crippen LogP contribution is 2.38. The van der Waals surface area contributed by atoms with Gasteiger partial charge in [0, 0.05) is 38.8 Å². The highest BCUT2D eigenvalue weighted by Gasteiger charge is 2.14. The standard InChI is InChI=1S/C38H27BrN2/c39-31-20-14-28(15-21-31)29-16-22-34(23-17-29)41(33-10-5-2-6-11-33)35-24-18-30(19-25-35)36-12-7-13-38-37(36)26-27-40(38)32-8-3-1-4-9-32/h1-27H. The first-order valence-corrected chi connectivity index (χ1v) is 14.5. The van der Waals surface area contributed by atoms with Crippen molar-refractivity contribution in [3.05, 3.63) is 168 Å². The molecule has 0 N–H and O–H groups in total. The van der Waals surface area contributed by atoms with Crippen LogP contribution in [-0.2, 0) is 0 Å². The first-order chi connectivity index (χ1) is 20.2. The van der Waals surface area contributed by atoms with E-state index in [1.54, 1.807) is 0 Å². The number of halogens is 1. The van der Waals surface area contributed by atoms with E-state index in [4.69, 9.17) is 0 Å². The second-order valence-electron chi connectivity index (χ2n) is 10.0. The van der Waals surface area contributed by atoms with Crippen molar-refractivity contribution in [2.24, 2.45) is 0 Å². The van der Waals surface area contributed by atoms with Gasteiger partial charge >= 0.3 is 0 Å². The summed E-state index contributed by atoms with van der Waals surface area (Å²) >= 11 is 3.54. The predicted octanol–water partition coefficient (Wildman–Crippen LogP) is 11.2. The molecule has 0 saturated heterocycles. The van der Waals surface area contributed by atoms with E-state index < -0.39 is 0 Å². The van der Waals surface area contributed by atoms with Crippen molar-refractivity contribution in [3.63, 3.8) is 0 Å². The van der Waals surface area contributed by atoms with Crippen LogP contribution < -0.4 is 4.90 Å². The predicted molar refractivity (Wildman–Crippen MR) is 177 cm³/mol. The van der Waals surface area contributed by atoms with Crippen molar-refractivity contribution in [2.75, 3.05) is 4.90 Å². The maximum Gasteiger partial charge on any atom is 0.0534 e. The molecule has 7 rings (SSSR count). The number of fused-ring (bicyclic) bond motifs is 1. The molecule has 7 aromatic rings. The van der Waals surface area contributed by atoms with E-state index in [9.17, 15) is 0 Å². The van der Waals surface area contributed by atoms with Crippen molar-refractivity contribution in [1.29, 1.82) is 0 Å². The molecule has 2 nitrogen and oxygen atoms in total. The Morgan fingerprint density at radius 3 is 1.61 bits per heavy atom. The van der Waals surface area contributed by atoms with E-state index in [0.717, 1.165) is 21.5 Å². The number of hydrogen-bond acceptors (Lipinski definition) is 1. The van der Waals surface area contributed by atoms with Gasteiger partial charge in [0.2, 0.25) is 0 Å². The Balaban J connectivity index is 1.25. The zero-order chi connectivity index (χ0) is 27.6. The van der Waals surface area contributed by atoms with E-state index in [0.29, 0.717) is 0 Å². The lowest BCUT2D eigenvalue weighted by Crippen LogP contribution is -2.09. The van der Waals surface area contributed by atoms with Gasteiger partial charge in [-0.3, -0.25) is 0 Å². The van der Waals surface area contributed by atoms with Crippen LogP contribution in [0.15, 0.2) is 168 Å². The van der Waals surface area contributed by atoms with Crippen LogP contribution in [0.1, 0.15) is 0 Å². The summed E-state index contributed by atoms with van der Waals surface area (Å²) in [6, 6.07) is 56.0. The van der Waals surface area contributed by atoms with Crippen LogP contribution >= 0.6 is 15.9 Å². The van der Waals surface area contributed by atoms with E-state index in [-0.39, 0.29) is 0 Å². The minimum Gasteiger partial charge on any atom is -0.317 e. The van der Waals surface area contributed by atoms with Crippen LogP contribution in [0.25, 0.3) is 38.8 Å². The van der Waals surface area contributed by atoms with Gasteiger partial charge in [0.1, 0.15) is 0 Å². The molecule has 0 radical (unpaired) electrons. The molecule has 41 heavy (non-hydrogen) atoms. The summed E-state index contributed by atoms with van der Waals surface area (Å²) in [4.78, 5) is 2.31. The first kappa shape index (κ1) is 25.1. The van der Waals surface area contributed by atoms with Crippen LogP contribution in [0.2, 0.25) is 0 Å². The molecule has 0 spiro atoms. The minimum atomic E-state index is 1.08. The summed E-state index contributed by atoms with van der Waals surface area (Å²) in [5.74, 6) is 0. The fourth-order valence-corrected chi connectivity index (χ4v) is 5.76. The third-order valence-corrected chi connectivity index (χ3v) is 8.05. The summed E-state index contributed by atoms with van der Waals surface area (Å²) in [5.41, 5.74) is 10.5. The largest absolute Gasteiger partial charge is 0.317 e. The normalized spacial score (nSPS) is 11.0. The number of nitrogens with zero attached hydrogens (tertiary/aromatic N) is 2. The molecule has 3 heteroatoms. The lowest BCUT2D eigenvalue weighted by atomic mass is 10.0. The maximum absolute atomic E-state index is 3.54. The van der Waals surface area contributed by atoms with Crippen molar-refractivity contribution in [3.8, 4) is 27.9 Å². The molecular weight excluding hydrogens is 564 g/mol. The van der Waals surface area contributed by atoms with Crippen LogP contribution in [0.3, 0.4) is 0 Å². The van der Waals surface area contributed by atoms with Crippen LogP contribution in [-0.4, -0.2) is 4.57 Å². The fourth-order valence-electron chi connectivity index (χ4n) is 5.49. The average molecular weight is 592 g/mol. The molecule has 1 heterocycles. The molecule has 0 unspecified atom stereocenters. The molecular formula is C38H27BrN2. The van der Waals surface area contributed by atoms with Crippen molar-refractivity contribution >= 4 is 43.9 Å². The van der Waals surface area contributed by atoms with E-state index in [1.807, 2.05) is 0 Å². The number of anilines is 3. The molecule has 0 saturated carbocycles. The Morgan fingerprint density at radius 2 is 0.976 bits per heavy atom. The van der Waals surface area contributed by atoms with Crippen LogP contribution in [0.5, 0.6) is 0 Å². The highest BCUT2D eigenvalue weighted by molar-refractivity contribution is 9.10. The summed E-state index contributed by atoms with van der Waals surface area (Å²) in [7, 11) is 0. The van der Waals surface area contributed by atoms with Crippen molar-refractivity contribution in [1.82, 2.24) is 4.57 Å². The number of hydrogen-bond donors (Lipinski definition) is 0. The van der Waals surface area contributed by atoms with Crippen molar-refractivity contribution < 1.29 is 0 Å². The fraction of sp³-hybridized carbons (Fsp3) is 0. The molecule has 0 bridgehead atoms. The van der Waals surface area contributed by atoms with Crippen LogP contribution in [0, 0.1) is 0 Å². The van der Waals surface area contributed by atoms with Gasteiger partial charge < -0.3 is 9.47 Å². The molecule has 0 fully saturated rings. The van der Waals surface area contributed by atoms with Gasteiger partial charge in [-0.1, -0.05) is 101 Å². The first-order valence-electron chi connectivity index (χ1n) is 13.7. The lowest BCUT2D eigenvalue weighted by molar-refractivity contribution is 1.13. The second kappa shape index (κ2) is 11.0. The molecule has 6 aromatic carbocycles. The zero-order valence-corrected chi connectivity index (χ0v) is 23.9. The molecule has 0 aliphatic carbocycles. The van der Waals surface area contributed by atoms with Crippen molar-refractivity contribution in [2.45, 2.75) is 0 Å². The average Bonchev–Trinajstić information content (AvgIpc) is 3.48. The Hall–Kier alpha value is -4.86. The number of benzene rings is 6. The van der Waals surface area contributed by atoms with Gasteiger partial charge in [-0.25, -0.2) is 0 Å². The Bertz CT molecular complexity index is 1910. The number of aromatic nitrogens is 1. The lowest BCUT2D eigenvalue weighted by Gasteiger charge is -2.26. The van der Waals surface area contributed by atoms with E-state index in [1.165, 1.54) is 38.8 Å². The van der Waals surface area contributed by atoms with E-state index in [2.05, 4.69) is 189 Å². The smallest absolute Gasteiger partial charge is 0.0534 e. The molecule has 0 atom stereocenters. The van der Waals surface area contributed by atoms with Gasteiger partial charge in [0.15, 0.2) is 0 Å². The Kier molecular flexibility index (Phi) is 6.72. The zero-order valence-electron chi connectivity index (χ0n) is 22.4. The number of rotatable bonds is 6. The monoisotopic (exact) mass is 590 g/mol. The van der Waals surface area contributed by atoms with Gasteiger partial charge in [0.05, 0.1) is 5.52 Å². The molecule has 0 aliphatic heterocycles. The summed E-state index contributed by atoms with van der Waals surface area (Å²) in [6.45, 7) is 0. The molecule has 0 amide bonds. The minimum absolute atomic E-state index is 1.08. The second-order valence-corrected chi connectivity index (χ2v) is 10.9. The Labute approximate surface area is 248 Å². The van der Waals surface area contributed by atoms with E-state index >= 15 is 0 Å². The SMILES string of the molecule is Brc1ccc(-c2ccc(N(c3ccccc3)c3ccc(-c4cccc5c4ccn5-c4ccccc4)cc3)cc2)cc1. The molecule has 196 valence electrons. The van der Waals surface area contributed by atoms with Crippen LogP contribution in [0.4, 0.5) is 17.1 Å². The number of para-hydroxylation sites is 2. The molecule has 0 aliphatic rings. The molecule has 1 aromatic heterocycles. The third kappa shape index (κ3) is 4.97. The third-order valence-electron chi connectivity index (χ3n) is 7.52. The summed E-state index contributed by atoms with van der Waals surface area (Å²) in [5, 5.41) is 1.24.